The zero-order valence-corrected chi connectivity index (χ0v) is 11.0. The minimum Gasteiger partial charge on any atom is -0.358 e. The van der Waals surface area contributed by atoms with Crippen LogP contribution < -0.4 is 5.32 Å². The van der Waals surface area contributed by atoms with E-state index in [2.05, 4.69) is 12.2 Å². The van der Waals surface area contributed by atoms with Gasteiger partial charge in [-0.2, -0.15) is 0 Å². The Morgan fingerprint density at radius 1 is 1.35 bits per heavy atom. The summed E-state index contributed by atoms with van der Waals surface area (Å²) in [6.07, 6.45) is 2.12. The first-order valence-corrected chi connectivity index (χ1v) is 6.32. The topological polar surface area (TPSA) is 52.7 Å². The van der Waals surface area contributed by atoms with Crippen molar-refractivity contribution in [1.29, 1.82) is 0 Å². The molecule has 0 radical (unpaired) electrons. The first kappa shape index (κ1) is 13.8. The molecule has 0 aliphatic carbocycles. The highest BCUT2D eigenvalue weighted by atomic mass is 16.2. The zero-order chi connectivity index (χ0) is 12.8. The molecule has 5 heteroatoms. The summed E-state index contributed by atoms with van der Waals surface area (Å²) in [5, 5.41) is 2.54. The van der Waals surface area contributed by atoms with Gasteiger partial charge in [-0.3, -0.25) is 4.79 Å². The molecule has 3 amide bonds. The first-order valence-electron chi connectivity index (χ1n) is 6.32. The van der Waals surface area contributed by atoms with Gasteiger partial charge in [-0.1, -0.05) is 6.92 Å². The maximum Gasteiger partial charge on any atom is 0.320 e. The Kier molecular flexibility index (Phi) is 5.25. The second-order valence-electron chi connectivity index (χ2n) is 4.64. The molecular weight excluding hydrogens is 218 g/mol. The van der Waals surface area contributed by atoms with E-state index in [4.69, 9.17) is 0 Å². The van der Waals surface area contributed by atoms with E-state index < -0.39 is 0 Å². The Morgan fingerprint density at radius 2 is 1.94 bits per heavy atom. The van der Waals surface area contributed by atoms with Crippen molar-refractivity contribution in [2.45, 2.75) is 26.7 Å². The minimum atomic E-state index is -0.120. The molecule has 0 aromatic rings. The highest BCUT2D eigenvalue weighted by Gasteiger charge is 2.24. The maximum absolute atomic E-state index is 12.2. The van der Waals surface area contributed by atoms with Gasteiger partial charge in [0, 0.05) is 26.7 Å². The molecule has 1 saturated heterocycles. The van der Waals surface area contributed by atoms with E-state index in [9.17, 15) is 9.59 Å². The van der Waals surface area contributed by atoms with E-state index in [1.54, 1.807) is 11.9 Å². The monoisotopic (exact) mass is 241 g/mol. The van der Waals surface area contributed by atoms with Crippen molar-refractivity contribution in [2.24, 2.45) is 5.92 Å². The lowest BCUT2D eigenvalue weighted by Crippen LogP contribution is -2.49. The summed E-state index contributed by atoms with van der Waals surface area (Å²) in [5.41, 5.74) is 0. The zero-order valence-electron chi connectivity index (χ0n) is 11.0. The number of likely N-dealkylation sites (tertiary alicyclic amines) is 1. The predicted molar refractivity (Wildman–Crippen MR) is 66.7 cm³/mol. The van der Waals surface area contributed by atoms with Gasteiger partial charge in [-0.25, -0.2) is 4.79 Å². The molecule has 1 heterocycles. The van der Waals surface area contributed by atoms with Gasteiger partial charge in [0.25, 0.3) is 0 Å². The maximum atomic E-state index is 12.2. The number of piperidine rings is 1. The van der Waals surface area contributed by atoms with Crippen LogP contribution in [0.25, 0.3) is 0 Å². The van der Waals surface area contributed by atoms with Crippen molar-refractivity contribution in [2.75, 3.05) is 33.2 Å². The number of hydrogen-bond donors (Lipinski definition) is 1. The molecule has 1 aliphatic rings. The summed E-state index contributed by atoms with van der Waals surface area (Å²) in [6, 6.07) is -0.0111. The summed E-state index contributed by atoms with van der Waals surface area (Å²) in [5.74, 6) is 0.582. The predicted octanol–water partition coefficient (Wildman–Crippen LogP) is 0.906. The average molecular weight is 241 g/mol. The average Bonchev–Trinajstić information content (AvgIpc) is 2.35. The lowest BCUT2D eigenvalue weighted by Gasteiger charge is -2.34. The van der Waals surface area contributed by atoms with Gasteiger partial charge in [0.2, 0.25) is 5.91 Å². The van der Waals surface area contributed by atoms with Crippen molar-refractivity contribution in [3.8, 4) is 0 Å². The van der Waals surface area contributed by atoms with Gasteiger partial charge in [-0.15, -0.1) is 0 Å². The Labute approximate surface area is 103 Å². The lowest BCUT2D eigenvalue weighted by atomic mass is 10.00. The molecule has 0 atom stereocenters. The van der Waals surface area contributed by atoms with E-state index >= 15 is 0 Å². The van der Waals surface area contributed by atoms with Crippen LogP contribution in [0.2, 0.25) is 0 Å². The van der Waals surface area contributed by atoms with Crippen LogP contribution >= 0.6 is 0 Å². The highest BCUT2D eigenvalue weighted by Crippen LogP contribution is 2.17. The molecular formula is C12H23N3O2. The molecule has 0 bridgehead atoms. The fourth-order valence-electron chi connectivity index (χ4n) is 1.97. The van der Waals surface area contributed by atoms with E-state index in [1.807, 2.05) is 11.8 Å². The largest absolute Gasteiger partial charge is 0.358 e. The third-order valence-corrected chi connectivity index (χ3v) is 3.32. The minimum absolute atomic E-state index is 0.0111. The van der Waals surface area contributed by atoms with E-state index in [-0.39, 0.29) is 18.5 Å². The van der Waals surface area contributed by atoms with Crippen molar-refractivity contribution in [3.63, 3.8) is 0 Å². The fraction of sp³-hybridized carbons (Fsp3) is 0.833. The molecule has 5 nitrogen and oxygen atoms in total. The second kappa shape index (κ2) is 6.47. The molecule has 1 fully saturated rings. The van der Waals surface area contributed by atoms with Crippen LogP contribution in [0.4, 0.5) is 4.79 Å². The van der Waals surface area contributed by atoms with E-state index in [1.165, 1.54) is 0 Å². The van der Waals surface area contributed by atoms with Crippen LogP contribution in [0.1, 0.15) is 26.7 Å². The molecule has 0 saturated carbocycles. The summed E-state index contributed by atoms with van der Waals surface area (Å²) >= 11 is 0. The number of carbonyl (C=O) groups excluding carboxylic acids is 2. The number of amides is 3. The van der Waals surface area contributed by atoms with Gasteiger partial charge in [0.15, 0.2) is 0 Å². The Bertz CT molecular complexity index is 273. The van der Waals surface area contributed by atoms with E-state index in [0.717, 1.165) is 25.9 Å². The molecule has 0 aromatic heterocycles. The van der Waals surface area contributed by atoms with Crippen LogP contribution in [0, 0.1) is 5.92 Å². The Balaban J connectivity index is 2.51. The van der Waals surface area contributed by atoms with Crippen LogP contribution in [0.5, 0.6) is 0 Å². The summed E-state index contributed by atoms with van der Waals surface area (Å²) in [7, 11) is 1.59. The molecule has 1 rings (SSSR count). The molecule has 1 N–H and O–H groups in total. The van der Waals surface area contributed by atoms with Gasteiger partial charge < -0.3 is 15.1 Å². The van der Waals surface area contributed by atoms with Crippen molar-refractivity contribution in [3.05, 3.63) is 0 Å². The summed E-state index contributed by atoms with van der Waals surface area (Å²) in [4.78, 5) is 26.9. The number of likely N-dealkylation sites (N-methyl/N-ethyl adjacent to an activating group) is 2. The number of nitrogens with zero attached hydrogens (tertiary/aromatic N) is 2. The van der Waals surface area contributed by atoms with Gasteiger partial charge in [0.05, 0.1) is 0 Å². The lowest BCUT2D eigenvalue weighted by molar-refractivity contribution is -0.121. The van der Waals surface area contributed by atoms with Crippen LogP contribution in [0.3, 0.4) is 0 Å². The molecule has 98 valence electrons. The van der Waals surface area contributed by atoms with Gasteiger partial charge >= 0.3 is 6.03 Å². The summed E-state index contributed by atoms with van der Waals surface area (Å²) in [6.45, 7) is 6.45. The highest BCUT2D eigenvalue weighted by molar-refractivity contribution is 5.83. The quantitative estimate of drug-likeness (QED) is 0.798. The third kappa shape index (κ3) is 3.91. The fourth-order valence-corrected chi connectivity index (χ4v) is 1.97. The SMILES string of the molecule is CCN(CC(=O)NC)C(=O)N1CCC(C)CC1. The number of carbonyl (C=O) groups is 2. The Hall–Kier alpha value is -1.26. The van der Waals surface area contributed by atoms with Crippen molar-refractivity contribution in [1.82, 2.24) is 15.1 Å². The third-order valence-electron chi connectivity index (χ3n) is 3.32. The normalized spacial score (nSPS) is 16.8. The smallest absolute Gasteiger partial charge is 0.320 e. The van der Waals surface area contributed by atoms with Gasteiger partial charge in [-0.05, 0) is 25.7 Å². The van der Waals surface area contributed by atoms with E-state index in [0.29, 0.717) is 12.5 Å². The number of urea groups is 1. The number of nitrogens with one attached hydrogen (secondary N) is 1. The number of hydrogen-bond acceptors (Lipinski definition) is 2. The summed E-state index contributed by atoms with van der Waals surface area (Å²) < 4.78 is 0. The molecule has 17 heavy (non-hydrogen) atoms. The molecule has 0 spiro atoms. The standard InChI is InChI=1S/C12H23N3O2/c1-4-14(9-11(16)13-3)12(17)15-7-5-10(2)6-8-15/h10H,4-9H2,1-3H3,(H,13,16). The van der Waals surface area contributed by atoms with Crippen LogP contribution in [-0.4, -0.2) is 55.0 Å². The van der Waals surface area contributed by atoms with Crippen molar-refractivity contribution < 1.29 is 9.59 Å². The van der Waals surface area contributed by atoms with Crippen molar-refractivity contribution >= 4 is 11.9 Å². The molecule has 0 unspecified atom stereocenters. The van der Waals surface area contributed by atoms with Crippen LogP contribution in [0.15, 0.2) is 0 Å². The molecule has 0 aromatic carbocycles. The second-order valence-corrected chi connectivity index (χ2v) is 4.64. The number of rotatable bonds is 3. The Morgan fingerprint density at radius 3 is 2.41 bits per heavy atom. The first-order chi connectivity index (χ1) is 8.08. The van der Waals surface area contributed by atoms with Crippen LogP contribution in [-0.2, 0) is 4.79 Å². The molecule has 1 aliphatic heterocycles. The van der Waals surface area contributed by atoms with Gasteiger partial charge in [0.1, 0.15) is 6.54 Å².